The van der Waals surface area contributed by atoms with Gasteiger partial charge in [-0.15, -0.1) is 0 Å². The second-order valence-corrected chi connectivity index (χ2v) is 4.68. The molecule has 1 heterocycles. The second kappa shape index (κ2) is 5.36. The van der Waals surface area contributed by atoms with Crippen LogP contribution in [0.15, 0.2) is 48.5 Å². The third-order valence-electron chi connectivity index (χ3n) is 3.22. The van der Waals surface area contributed by atoms with Crippen LogP contribution in [0, 0.1) is 0 Å². The minimum atomic E-state index is -4.53. The van der Waals surface area contributed by atoms with Crippen LogP contribution in [0.3, 0.4) is 0 Å². The summed E-state index contributed by atoms with van der Waals surface area (Å²) in [6.45, 7) is 2.35. The number of para-hydroxylation sites is 2. The Hall–Kier alpha value is -2.50. The van der Waals surface area contributed by atoms with E-state index in [1.165, 1.54) is 0 Å². The van der Waals surface area contributed by atoms with Gasteiger partial charge in [0.1, 0.15) is 5.75 Å². The lowest BCUT2D eigenvalue weighted by Gasteiger charge is -2.12. The molecule has 0 aliphatic heterocycles. The molecule has 0 aliphatic carbocycles. The van der Waals surface area contributed by atoms with Crippen LogP contribution in [0.2, 0.25) is 0 Å². The van der Waals surface area contributed by atoms with E-state index in [9.17, 15) is 13.2 Å². The molecule has 0 saturated carbocycles. The summed E-state index contributed by atoms with van der Waals surface area (Å²) in [6.07, 6.45) is -4.53. The van der Waals surface area contributed by atoms with E-state index >= 15 is 0 Å². The van der Waals surface area contributed by atoms with Crippen molar-refractivity contribution in [1.29, 1.82) is 0 Å². The Balaban J connectivity index is 2.20. The maximum atomic E-state index is 13.3. The van der Waals surface area contributed by atoms with Gasteiger partial charge in [-0.05, 0) is 43.3 Å². The highest BCUT2D eigenvalue weighted by atomic mass is 19.4. The molecule has 0 bridgehead atoms. The normalized spacial score (nSPS) is 11.8. The number of halogens is 3. The Labute approximate surface area is 125 Å². The van der Waals surface area contributed by atoms with Crippen LogP contribution in [0.25, 0.3) is 16.7 Å². The summed E-state index contributed by atoms with van der Waals surface area (Å²) in [5.74, 6) is -0.318. The Bertz CT molecular complexity index is 791. The quantitative estimate of drug-likeness (QED) is 0.715. The first-order valence-corrected chi connectivity index (χ1v) is 6.78. The molecule has 0 saturated heterocycles. The van der Waals surface area contributed by atoms with Crippen LogP contribution in [0.5, 0.6) is 5.75 Å². The number of rotatable bonds is 3. The molecule has 3 aromatic rings. The Morgan fingerprint density at radius 1 is 1.05 bits per heavy atom. The van der Waals surface area contributed by atoms with Crippen molar-refractivity contribution in [2.45, 2.75) is 13.1 Å². The van der Waals surface area contributed by atoms with Crippen LogP contribution in [0.4, 0.5) is 13.2 Å². The molecule has 3 rings (SSSR count). The van der Waals surface area contributed by atoms with Gasteiger partial charge < -0.3 is 4.74 Å². The molecule has 2 aromatic carbocycles. The summed E-state index contributed by atoms with van der Waals surface area (Å²) in [5, 5.41) is 0. The molecule has 0 spiro atoms. The lowest BCUT2D eigenvalue weighted by atomic mass is 10.2. The summed E-state index contributed by atoms with van der Waals surface area (Å²) in [5.41, 5.74) is 1.12. The monoisotopic (exact) mass is 306 g/mol. The zero-order chi connectivity index (χ0) is 15.7. The number of imidazole rings is 1. The third-order valence-corrected chi connectivity index (χ3v) is 3.22. The number of alkyl halides is 3. The molecule has 0 radical (unpaired) electrons. The smallest absolute Gasteiger partial charge is 0.450 e. The average molecular weight is 306 g/mol. The van der Waals surface area contributed by atoms with E-state index in [1.54, 1.807) is 48.5 Å². The first kappa shape index (κ1) is 14.4. The van der Waals surface area contributed by atoms with Crippen LogP contribution >= 0.6 is 0 Å². The molecule has 22 heavy (non-hydrogen) atoms. The van der Waals surface area contributed by atoms with Gasteiger partial charge in [-0.1, -0.05) is 12.1 Å². The summed E-state index contributed by atoms with van der Waals surface area (Å²) < 4.78 is 46.2. The van der Waals surface area contributed by atoms with E-state index in [1.807, 2.05) is 6.92 Å². The molecular weight excluding hydrogens is 293 g/mol. The van der Waals surface area contributed by atoms with E-state index in [0.29, 0.717) is 29.1 Å². The van der Waals surface area contributed by atoms with Gasteiger partial charge in [0.05, 0.1) is 17.6 Å². The van der Waals surface area contributed by atoms with E-state index in [-0.39, 0.29) is 0 Å². The van der Waals surface area contributed by atoms with Crippen LogP contribution < -0.4 is 4.74 Å². The van der Waals surface area contributed by atoms with Crippen molar-refractivity contribution in [2.75, 3.05) is 6.61 Å². The van der Waals surface area contributed by atoms with Crippen LogP contribution in [-0.4, -0.2) is 16.2 Å². The van der Waals surface area contributed by atoms with Gasteiger partial charge in [0.25, 0.3) is 0 Å². The maximum absolute atomic E-state index is 13.3. The van der Waals surface area contributed by atoms with E-state index in [0.717, 1.165) is 4.57 Å². The topological polar surface area (TPSA) is 27.1 Å². The predicted octanol–water partition coefficient (Wildman–Crippen LogP) is 4.44. The number of hydrogen-bond donors (Lipinski definition) is 0. The molecule has 0 amide bonds. The van der Waals surface area contributed by atoms with Crippen molar-refractivity contribution < 1.29 is 17.9 Å². The Kier molecular flexibility index (Phi) is 3.52. The fraction of sp³-hybridized carbons (Fsp3) is 0.188. The van der Waals surface area contributed by atoms with Crippen LogP contribution in [-0.2, 0) is 6.18 Å². The van der Waals surface area contributed by atoms with Gasteiger partial charge in [-0.25, -0.2) is 4.98 Å². The van der Waals surface area contributed by atoms with Gasteiger partial charge in [0.15, 0.2) is 0 Å². The summed E-state index contributed by atoms with van der Waals surface area (Å²) in [7, 11) is 0. The van der Waals surface area contributed by atoms with Gasteiger partial charge in [0.2, 0.25) is 5.82 Å². The van der Waals surface area contributed by atoms with Crippen molar-refractivity contribution in [3.8, 4) is 11.4 Å². The second-order valence-electron chi connectivity index (χ2n) is 4.68. The molecule has 0 atom stereocenters. The molecular formula is C16H13F3N2O. The molecule has 6 heteroatoms. The molecule has 3 nitrogen and oxygen atoms in total. The molecule has 114 valence electrons. The fourth-order valence-corrected chi connectivity index (χ4v) is 2.34. The number of ether oxygens (including phenoxy) is 1. The van der Waals surface area contributed by atoms with Crippen molar-refractivity contribution in [3.05, 3.63) is 54.4 Å². The number of fused-ring (bicyclic) bond motifs is 1. The molecule has 0 N–H and O–H groups in total. The standard InChI is InChI=1S/C16H13F3N2O/c1-2-22-12-9-7-11(8-10-12)21-14-6-4-3-5-13(14)20-15(21)16(17,18)19/h3-10H,2H2,1H3. The lowest BCUT2D eigenvalue weighted by molar-refractivity contribution is -0.145. The zero-order valence-corrected chi connectivity index (χ0v) is 11.8. The number of aromatic nitrogens is 2. The number of nitrogens with zero attached hydrogens (tertiary/aromatic N) is 2. The summed E-state index contributed by atoms with van der Waals surface area (Å²) in [6, 6.07) is 13.0. The van der Waals surface area contributed by atoms with Gasteiger partial charge in [-0.2, -0.15) is 13.2 Å². The Morgan fingerprint density at radius 2 is 1.73 bits per heavy atom. The van der Waals surface area contributed by atoms with E-state index in [2.05, 4.69) is 4.98 Å². The summed E-state index contributed by atoms with van der Waals surface area (Å²) in [4.78, 5) is 3.73. The molecule has 0 aliphatic rings. The largest absolute Gasteiger partial charge is 0.494 e. The Morgan fingerprint density at radius 3 is 2.36 bits per heavy atom. The first-order valence-electron chi connectivity index (χ1n) is 6.78. The van der Waals surface area contributed by atoms with Crippen LogP contribution in [0.1, 0.15) is 12.7 Å². The number of benzene rings is 2. The van der Waals surface area contributed by atoms with E-state index < -0.39 is 12.0 Å². The van der Waals surface area contributed by atoms with Crippen molar-refractivity contribution in [3.63, 3.8) is 0 Å². The highest BCUT2D eigenvalue weighted by molar-refractivity contribution is 5.78. The highest BCUT2D eigenvalue weighted by Gasteiger charge is 2.38. The van der Waals surface area contributed by atoms with E-state index in [4.69, 9.17) is 4.74 Å². The minimum absolute atomic E-state index is 0.309. The fourth-order valence-electron chi connectivity index (χ4n) is 2.34. The molecule has 1 aromatic heterocycles. The molecule has 0 fully saturated rings. The third kappa shape index (κ3) is 2.52. The summed E-state index contributed by atoms with van der Waals surface area (Å²) >= 11 is 0. The highest BCUT2D eigenvalue weighted by Crippen LogP contribution is 2.34. The zero-order valence-electron chi connectivity index (χ0n) is 11.8. The first-order chi connectivity index (χ1) is 10.5. The molecule has 0 unspecified atom stereocenters. The SMILES string of the molecule is CCOc1ccc(-n2c(C(F)(F)F)nc3ccccc32)cc1. The average Bonchev–Trinajstić information content (AvgIpc) is 2.88. The van der Waals surface area contributed by atoms with Crippen molar-refractivity contribution in [2.24, 2.45) is 0 Å². The minimum Gasteiger partial charge on any atom is -0.494 e. The van der Waals surface area contributed by atoms with Crippen molar-refractivity contribution >= 4 is 11.0 Å². The van der Waals surface area contributed by atoms with Gasteiger partial charge in [0, 0.05) is 5.69 Å². The number of hydrogen-bond acceptors (Lipinski definition) is 2. The van der Waals surface area contributed by atoms with Gasteiger partial charge in [-0.3, -0.25) is 4.57 Å². The predicted molar refractivity (Wildman–Crippen MR) is 77.2 cm³/mol. The van der Waals surface area contributed by atoms with Crippen molar-refractivity contribution in [1.82, 2.24) is 9.55 Å². The lowest BCUT2D eigenvalue weighted by Crippen LogP contribution is -2.13. The van der Waals surface area contributed by atoms with Gasteiger partial charge >= 0.3 is 6.18 Å². The maximum Gasteiger partial charge on any atom is 0.450 e.